The molecule has 1 fully saturated rings. The minimum Gasteiger partial charge on any atom is -0.481 e. The Hall–Kier alpha value is -2.41. The molecule has 0 saturated carbocycles. The molecule has 1 unspecified atom stereocenters. The molecular formula is C21H23F3N2O2. The van der Waals surface area contributed by atoms with Gasteiger partial charge < -0.3 is 5.11 Å². The summed E-state index contributed by atoms with van der Waals surface area (Å²) in [6.07, 6.45) is -0.716. The van der Waals surface area contributed by atoms with Gasteiger partial charge in [0.2, 0.25) is 0 Å². The lowest BCUT2D eigenvalue weighted by molar-refractivity contribution is -0.143. The molecule has 7 heteroatoms. The van der Waals surface area contributed by atoms with E-state index in [9.17, 15) is 23.1 Å². The number of likely N-dealkylation sites (tertiary alicyclic amines) is 1. The van der Waals surface area contributed by atoms with Crippen molar-refractivity contribution in [2.45, 2.75) is 38.4 Å². The normalized spacial score (nSPS) is 17.4. The molecule has 150 valence electrons. The summed E-state index contributed by atoms with van der Waals surface area (Å²) in [6.45, 7) is 3.14. The van der Waals surface area contributed by atoms with Gasteiger partial charge in [-0.15, -0.1) is 0 Å². The fourth-order valence-corrected chi connectivity index (χ4v) is 3.63. The Balaban J connectivity index is 1.91. The molecule has 1 aliphatic rings. The van der Waals surface area contributed by atoms with Crippen LogP contribution in [-0.2, 0) is 17.4 Å². The number of aliphatic carboxylic acids is 1. The number of benzene rings is 1. The molecular weight excluding hydrogens is 369 g/mol. The fourth-order valence-electron chi connectivity index (χ4n) is 3.63. The van der Waals surface area contributed by atoms with Crippen molar-refractivity contribution >= 4 is 5.97 Å². The third-order valence-corrected chi connectivity index (χ3v) is 5.33. The lowest BCUT2D eigenvalue weighted by Crippen LogP contribution is -2.39. The number of hydrogen-bond donors (Lipinski definition) is 1. The van der Waals surface area contributed by atoms with E-state index in [1.807, 2.05) is 19.1 Å². The van der Waals surface area contributed by atoms with Crippen molar-refractivity contribution in [2.24, 2.45) is 5.92 Å². The molecule has 0 radical (unpaired) electrons. The van der Waals surface area contributed by atoms with E-state index in [2.05, 4.69) is 9.88 Å². The van der Waals surface area contributed by atoms with Crippen LogP contribution in [0.4, 0.5) is 13.2 Å². The van der Waals surface area contributed by atoms with Crippen molar-refractivity contribution in [2.75, 3.05) is 13.1 Å². The molecule has 0 spiro atoms. The van der Waals surface area contributed by atoms with Crippen LogP contribution in [0.5, 0.6) is 0 Å². The number of rotatable bonds is 5. The van der Waals surface area contributed by atoms with Crippen LogP contribution < -0.4 is 0 Å². The van der Waals surface area contributed by atoms with Crippen LogP contribution in [0.1, 0.15) is 48.2 Å². The second kappa shape index (κ2) is 8.31. The summed E-state index contributed by atoms with van der Waals surface area (Å²) in [4.78, 5) is 17.9. The summed E-state index contributed by atoms with van der Waals surface area (Å²) < 4.78 is 38.8. The summed E-state index contributed by atoms with van der Waals surface area (Å²) in [7, 11) is 0. The van der Waals surface area contributed by atoms with Crippen LogP contribution in [0.2, 0.25) is 0 Å². The molecule has 1 atom stereocenters. The molecule has 0 bridgehead atoms. The number of aryl methyl sites for hydroxylation is 1. The highest BCUT2D eigenvalue weighted by atomic mass is 19.4. The van der Waals surface area contributed by atoms with E-state index in [0.29, 0.717) is 25.9 Å². The van der Waals surface area contributed by atoms with Gasteiger partial charge >= 0.3 is 12.1 Å². The van der Waals surface area contributed by atoms with Crippen molar-refractivity contribution in [3.8, 4) is 0 Å². The molecule has 1 aromatic heterocycles. The molecule has 1 aliphatic heterocycles. The van der Waals surface area contributed by atoms with E-state index in [1.54, 1.807) is 6.20 Å². The number of alkyl halides is 3. The molecule has 0 amide bonds. The van der Waals surface area contributed by atoms with Gasteiger partial charge in [0.15, 0.2) is 0 Å². The standard InChI is InChI=1S/C21H23F3N2O2/c1-2-14-3-8-18(25-13-14)19(26-11-9-16(10-12-26)20(27)28)15-4-6-17(7-5-15)21(22,23)24/h3-8,13,16,19H,2,9-12H2,1H3,(H,27,28). The molecule has 0 aliphatic carbocycles. The molecule has 1 aromatic carbocycles. The molecule has 2 heterocycles. The van der Waals surface area contributed by atoms with Crippen LogP contribution in [-0.4, -0.2) is 34.0 Å². The number of aromatic nitrogens is 1. The van der Waals surface area contributed by atoms with Crippen molar-refractivity contribution in [1.29, 1.82) is 0 Å². The van der Waals surface area contributed by atoms with Crippen molar-refractivity contribution in [3.63, 3.8) is 0 Å². The zero-order valence-corrected chi connectivity index (χ0v) is 15.6. The summed E-state index contributed by atoms with van der Waals surface area (Å²) in [5.74, 6) is -1.17. The average Bonchev–Trinajstić information content (AvgIpc) is 2.69. The van der Waals surface area contributed by atoms with E-state index in [4.69, 9.17) is 0 Å². The molecule has 1 saturated heterocycles. The van der Waals surface area contributed by atoms with Gasteiger partial charge in [0, 0.05) is 6.20 Å². The minimum absolute atomic E-state index is 0.303. The van der Waals surface area contributed by atoms with Gasteiger partial charge in [0.1, 0.15) is 0 Å². The van der Waals surface area contributed by atoms with Gasteiger partial charge in [0.25, 0.3) is 0 Å². The quantitative estimate of drug-likeness (QED) is 0.811. The van der Waals surface area contributed by atoms with E-state index in [-0.39, 0.29) is 12.0 Å². The number of carboxylic acid groups (broad SMARTS) is 1. The van der Waals surface area contributed by atoms with Crippen molar-refractivity contribution in [1.82, 2.24) is 9.88 Å². The van der Waals surface area contributed by atoms with E-state index >= 15 is 0 Å². The highest BCUT2D eigenvalue weighted by Crippen LogP contribution is 2.34. The number of piperidine rings is 1. The summed E-state index contributed by atoms with van der Waals surface area (Å²) >= 11 is 0. The van der Waals surface area contributed by atoms with Gasteiger partial charge in [-0.05, 0) is 61.7 Å². The van der Waals surface area contributed by atoms with Gasteiger partial charge in [-0.25, -0.2) is 0 Å². The molecule has 28 heavy (non-hydrogen) atoms. The van der Waals surface area contributed by atoms with Crippen LogP contribution in [0.15, 0.2) is 42.6 Å². The van der Waals surface area contributed by atoms with Crippen LogP contribution in [0.25, 0.3) is 0 Å². The topological polar surface area (TPSA) is 53.4 Å². The first-order valence-electron chi connectivity index (χ1n) is 9.38. The lowest BCUT2D eigenvalue weighted by atomic mass is 9.92. The Bertz CT molecular complexity index is 796. The summed E-state index contributed by atoms with van der Waals surface area (Å²) in [5.41, 5.74) is 1.87. The number of nitrogens with zero attached hydrogens (tertiary/aromatic N) is 2. The van der Waals surface area contributed by atoms with E-state index in [1.165, 1.54) is 12.1 Å². The summed E-state index contributed by atoms with van der Waals surface area (Å²) in [5, 5.41) is 9.22. The Morgan fingerprint density at radius 3 is 2.29 bits per heavy atom. The zero-order chi connectivity index (χ0) is 20.3. The number of carboxylic acids is 1. The second-order valence-corrected chi connectivity index (χ2v) is 7.12. The zero-order valence-electron chi connectivity index (χ0n) is 15.6. The monoisotopic (exact) mass is 392 g/mol. The Morgan fingerprint density at radius 1 is 1.18 bits per heavy atom. The van der Waals surface area contributed by atoms with Crippen molar-refractivity contribution in [3.05, 3.63) is 65.0 Å². The fraction of sp³-hybridized carbons (Fsp3) is 0.429. The largest absolute Gasteiger partial charge is 0.481 e. The first kappa shape index (κ1) is 20.3. The molecule has 2 aromatic rings. The van der Waals surface area contributed by atoms with Gasteiger partial charge in [-0.2, -0.15) is 13.2 Å². The predicted octanol–water partition coefficient (Wildman–Crippen LogP) is 4.55. The Morgan fingerprint density at radius 2 is 1.82 bits per heavy atom. The van der Waals surface area contributed by atoms with E-state index in [0.717, 1.165) is 35.4 Å². The van der Waals surface area contributed by atoms with Gasteiger partial charge in [0.05, 0.1) is 23.2 Å². The Labute approximate surface area is 162 Å². The number of carbonyl (C=O) groups is 1. The third-order valence-electron chi connectivity index (χ3n) is 5.33. The Kier molecular flexibility index (Phi) is 6.03. The highest BCUT2D eigenvalue weighted by molar-refractivity contribution is 5.70. The second-order valence-electron chi connectivity index (χ2n) is 7.12. The first-order valence-corrected chi connectivity index (χ1v) is 9.38. The lowest BCUT2D eigenvalue weighted by Gasteiger charge is -2.36. The summed E-state index contributed by atoms with van der Waals surface area (Å²) in [6, 6.07) is 8.74. The first-order chi connectivity index (χ1) is 13.3. The van der Waals surface area contributed by atoms with Gasteiger partial charge in [-0.1, -0.05) is 25.1 Å². The van der Waals surface area contributed by atoms with Crippen LogP contribution in [0, 0.1) is 5.92 Å². The highest BCUT2D eigenvalue weighted by Gasteiger charge is 2.33. The number of halogens is 3. The minimum atomic E-state index is -4.38. The van der Waals surface area contributed by atoms with Gasteiger partial charge in [-0.3, -0.25) is 14.7 Å². The maximum atomic E-state index is 12.9. The smallest absolute Gasteiger partial charge is 0.416 e. The van der Waals surface area contributed by atoms with E-state index < -0.39 is 17.7 Å². The predicted molar refractivity (Wildman–Crippen MR) is 98.8 cm³/mol. The average molecular weight is 392 g/mol. The number of pyridine rings is 1. The maximum absolute atomic E-state index is 12.9. The van der Waals surface area contributed by atoms with Crippen LogP contribution >= 0.6 is 0 Å². The van der Waals surface area contributed by atoms with Crippen LogP contribution in [0.3, 0.4) is 0 Å². The third kappa shape index (κ3) is 4.52. The molecule has 4 nitrogen and oxygen atoms in total. The number of hydrogen-bond acceptors (Lipinski definition) is 3. The maximum Gasteiger partial charge on any atom is 0.416 e. The SMILES string of the molecule is CCc1ccc(C(c2ccc(C(F)(F)F)cc2)N2CCC(C(=O)O)CC2)nc1. The van der Waals surface area contributed by atoms with Crippen molar-refractivity contribution < 1.29 is 23.1 Å². The molecule has 3 rings (SSSR count). The molecule has 1 N–H and O–H groups in total.